The number of aliphatic carboxylic acids is 1. The summed E-state index contributed by atoms with van der Waals surface area (Å²) < 4.78 is 5.38. The normalized spacial score (nSPS) is 14.0. The highest BCUT2D eigenvalue weighted by Gasteiger charge is 2.22. The van der Waals surface area contributed by atoms with Gasteiger partial charge in [0.05, 0.1) is 0 Å². The number of likely N-dealkylation sites (N-methyl/N-ethyl adjacent to an activating group) is 1. The van der Waals surface area contributed by atoms with Crippen LogP contribution < -0.4 is 9.64 Å². The molecule has 7 heteroatoms. The average Bonchev–Trinajstić information content (AvgIpc) is 2.90. The van der Waals surface area contributed by atoms with Crippen LogP contribution in [0.5, 0.6) is 5.75 Å². The molecule has 0 saturated carbocycles. The van der Waals surface area contributed by atoms with Crippen molar-refractivity contribution in [2.24, 2.45) is 0 Å². The smallest absolute Gasteiger partial charge is 0.323 e. The summed E-state index contributed by atoms with van der Waals surface area (Å²) in [6.45, 7) is 0.0637. The van der Waals surface area contributed by atoms with Crippen LogP contribution in [0.15, 0.2) is 24.3 Å². The highest BCUT2D eigenvalue weighted by Crippen LogP contribution is 2.25. The van der Waals surface area contributed by atoms with Crippen LogP contribution in [0.1, 0.15) is 12.8 Å². The predicted octanol–water partition coefficient (Wildman–Crippen LogP) is 0.735. The number of amides is 2. The molecule has 118 valence electrons. The molecule has 0 aliphatic carbocycles. The summed E-state index contributed by atoms with van der Waals surface area (Å²) in [6, 6.07) is 6.96. The largest absolute Gasteiger partial charge is 0.484 e. The minimum Gasteiger partial charge on any atom is -0.484 e. The molecule has 1 fully saturated rings. The zero-order valence-corrected chi connectivity index (χ0v) is 12.3. The number of carbonyl (C=O) groups is 3. The van der Waals surface area contributed by atoms with Gasteiger partial charge in [-0.1, -0.05) is 6.07 Å². The van der Waals surface area contributed by atoms with Gasteiger partial charge in [0.25, 0.3) is 5.91 Å². The number of hydrogen-bond donors (Lipinski definition) is 1. The lowest BCUT2D eigenvalue weighted by Gasteiger charge is -2.18. The summed E-state index contributed by atoms with van der Waals surface area (Å²) in [5.41, 5.74) is 0.742. The van der Waals surface area contributed by atoms with Crippen LogP contribution in [0, 0.1) is 0 Å². The van der Waals surface area contributed by atoms with E-state index in [4.69, 9.17) is 9.84 Å². The number of carbonyl (C=O) groups excluding carboxylic acids is 2. The molecule has 0 spiro atoms. The van der Waals surface area contributed by atoms with Crippen molar-refractivity contribution in [3.63, 3.8) is 0 Å². The molecule has 0 unspecified atom stereocenters. The van der Waals surface area contributed by atoms with Gasteiger partial charge in [-0.25, -0.2) is 0 Å². The summed E-state index contributed by atoms with van der Waals surface area (Å²) in [7, 11) is 1.40. The summed E-state index contributed by atoms with van der Waals surface area (Å²) in [6.07, 6.45) is 1.38. The Kier molecular flexibility index (Phi) is 4.98. The van der Waals surface area contributed by atoms with Crippen molar-refractivity contribution < 1.29 is 24.2 Å². The number of hydrogen-bond acceptors (Lipinski definition) is 4. The van der Waals surface area contributed by atoms with Crippen LogP contribution in [-0.2, 0) is 14.4 Å². The van der Waals surface area contributed by atoms with Crippen LogP contribution in [-0.4, -0.2) is 54.5 Å². The second kappa shape index (κ2) is 6.93. The van der Waals surface area contributed by atoms with Gasteiger partial charge in [-0.2, -0.15) is 0 Å². The first-order valence-corrected chi connectivity index (χ1v) is 6.96. The number of nitrogens with zero attached hydrogens (tertiary/aromatic N) is 2. The van der Waals surface area contributed by atoms with E-state index >= 15 is 0 Å². The molecule has 1 aliphatic rings. The van der Waals surface area contributed by atoms with Gasteiger partial charge in [0.15, 0.2) is 6.61 Å². The highest BCUT2D eigenvalue weighted by molar-refractivity contribution is 5.95. The molecular formula is C15H18N2O5. The first-order chi connectivity index (χ1) is 10.5. The highest BCUT2D eigenvalue weighted by atomic mass is 16.5. The minimum atomic E-state index is -1.08. The van der Waals surface area contributed by atoms with E-state index in [1.165, 1.54) is 7.05 Å². The van der Waals surface area contributed by atoms with Crippen LogP contribution in [0.4, 0.5) is 5.69 Å². The SMILES string of the molecule is CN(CC(=O)O)C(=O)COc1cccc(N2CCCC2=O)c1. The van der Waals surface area contributed by atoms with Crippen LogP contribution in [0.2, 0.25) is 0 Å². The summed E-state index contributed by atoms with van der Waals surface area (Å²) in [5.74, 6) is -0.959. The maximum Gasteiger partial charge on any atom is 0.323 e. The van der Waals surface area contributed by atoms with E-state index in [0.29, 0.717) is 18.7 Å². The van der Waals surface area contributed by atoms with E-state index in [9.17, 15) is 14.4 Å². The molecule has 1 aromatic rings. The zero-order chi connectivity index (χ0) is 16.1. The molecule has 2 amide bonds. The van der Waals surface area contributed by atoms with E-state index in [1.54, 1.807) is 23.1 Å². The van der Waals surface area contributed by atoms with Crippen LogP contribution >= 0.6 is 0 Å². The lowest BCUT2D eigenvalue weighted by molar-refractivity contribution is -0.144. The Morgan fingerprint density at radius 1 is 1.41 bits per heavy atom. The molecule has 1 saturated heterocycles. The Bertz CT molecular complexity index is 587. The number of carboxylic acid groups (broad SMARTS) is 1. The van der Waals surface area contributed by atoms with Gasteiger partial charge in [0.2, 0.25) is 5.91 Å². The number of benzene rings is 1. The molecule has 1 N–H and O–H groups in total. The molecular weight excluding hydrogens is 288 g/mol. The van der Waals surface area contributed by atoms with E-state index in [2.05, 4.69) is 0 Å². The maximum absolute atomic E-state index is 11.7. The molecule has 2 rings (SSSR count). The maximum atomic E-state index is 11.7. The lowest BCUT2D eigenvalue weighted by atomic mass is 10.3. The standard InChI is InChI=1S/C15H18N2O5/c1-16(9-15(20)21)14(19)10-22-12-5-2-4-11(8-12)17-7-3-6-13(17)18/h2,4-5,8H,3,6-7,9-10H2,1H3,(H,20,21). The van der Waals surface area contributed by atoms with E-state index in [1.807, 2.05) is 6.07 Å². The second-order valence-electron chi connectivity index (χ2n) is 5.08. The van der Waals surface area contributed by atoms with Gasteiger partial charge >= 0.3 is 5.97 Å². The van der Waals surface area contributed by atoms with Gasteiger partial charge in [0, 0.05) is 31.8 Å². The fraction of sp³-hybridized carbons (Fsp3) is 0.400. The fourth-order valence-electron chi connectivity index (χ4n) is 2.21. The summed E-state index contributed by atoms with van der Waals surface area (Å²) in [4.78, 5) is 36.7. The van der Waals surface area contributed by atoms with Crippen molar-refractivity contribution in [2.45, 2.75) is 12.8 Å². The molecule has 0 atom stereocenters. The summed E-state index contributed by atoms with van der Waals surface area (Å²) >= 11 is 0. The molecule has 0 radical (unpaired) electrons. The van der Waals surface area contributed by atoms with Crippen molar-refractivity contribution >= 4 is 23.5 Å². The Morgan fingerprint density at radius 3 is 2.82 bits per heavy atom. The number of rotatable bonds is 6. The third-order valence-electron chi connectivity index (χ3n) is 3.36. The minimum absolute atomic E-state index is 0.0782. The monoisotopic (exact) mass is 306 g/mol. The number of anilines is 1. The van der Waals surface area contributed by atoms with Gasteiger partial charge in [-0.05, 0) is 18.6 Å². The van der Waals surface area contributed by atoms with Gasteiger partial charge in [-0.15, -0.1) is 0 Å². The quantitative estimate of drug-likeness (QED) is 0.837. The Hall–Kier alpha value is -2.57. The predicted molar refractivity (Wildman–Crippen MR) is 78.8 cm³/mol. The third-order valence-corrected chi connectivity index (χ3v) is 3.36. The Balaban J connectivity index is 1.94. The second-order valence-corrected chi connectivity index (χ2v) is 5.08. The van der Waals surface area contributed by atoms with E-state index < -0.39 is 11.9 Å². The first-order valence-electron chi connectivity index (χ1n) is 6.96. The average molecular weight is 306 g/mol. The van der Waals surface area contributed by atoms with Crippen molar-refractivity contribution in [1.82, 2.24) is 4.90 Å². The van der Waals surface area contributed by atoms with E-state index in [-0.39, 0.29) is 19.1 Å². The first kappa shape index (κ1) is 15.8. The van der Waals surface area contributed by atoms with Gasteiger partial charge in [0.1, 0.15) is 12.3 Å². The zero-order valence-electron chi connectivity index (χ0n) is 12.3. The molecule has 1 heterocycles. The number of carboxylic acids is 1. The molecule has 22 heavy (non-hydrogen) atoms. The lowest BCUT2D eigenvalue weighted by Crippen LogP contribution is -2.35. The van der Waals surface area contributed by atoms with Crippen molar-refractivity contribution in [2.75, 3.05) is 31.6 Å². The van der Waals surface area contributed by atoms with Crippen LogP contribution in [0.25, 0.3) is 0 Å². The molecule has 1 aliphatic heterocycles. The van der Waals surface area contributed by atoms with Gasteiger partial charge in [-0.3, -0.25) is 14.4 Å². The molecule has 0 bridgehead atoms. The van der Waals surface area contributed by atoms with E-state index in [0.717, 1.165) is 17.0 Å². The Morgan fingerprint density at radius 2 is 2.18 bits per heavy atom. The fourth-order valence-corrected chi connectivity index (χ4v) is 2.21. The third kappa shape index (κ3) is 3.97. The Labute approximate surface area is 128 Å². The number of ether oxygens (including phenoxy) is 1. The van der Waals surface area contributed by atoms with Crippen LogP contribution in [0.3, 0.4) is 0 Å². The van der Waals surface area contributed by atoms with Crippen molar-refractivity contribution in [3.05, 3.63) is 24.3 Å². The topological polar surface area (TPSA) is 87.2 Å². The molecule has 0 aromatic heterocycles. The van der Waals surface area contributed by atoms with Crippen molar-refractivity contribution in [3.8, 4) is 5.75 Å². The van der Waals surface area contributed by atoms with Gasteiger partial charge < -0.3 is 19.6 Å². The summed E-state index contributed by atoms with van der Waals surface area (Å²) in [5, 5.41) is 8.63. The molecule has 7 nitrogen and oxygen atoms in total. The molecule has 1 aromatic carbocycles. The van der Waals surface area contributed by atoms with Crippen molar-refractivity contribution in [1.29, 1.82) is 0 Å².